The zero-order chi connectivity index (χ0) is 13.8. The molecule has 1 saturated heterocycles. The number of rotatable bonds is 4. The second kappa shape index (κ2) is 6.71. The number of carbonyl (C=O) groups is 1. The lowest BCUT2D eigenvalue weighted by molar-refractivity contribution is -0.143. The van der Waals surface area contributed by atoms with Gasteiger partial charge < -0.3 is 15.3 Å². The van der Waals surface area contributed by atoms with Crippen LogP contribution in [0.25, 0.3) is 0 Å². The van der Waals surface area contributed by atoms with Gasteiger partial charge in [0.2, 0.25) is 0 Å². The van der Waals surface area contributed by atoms with E-state index in [0.717, 1.165) is 31.6 Å². The number of nitrogens with one attached hydrogen (secondary N) is 1. The highest BCUT2D eigenvalue weighted by atomic mass is 16.4. The topological polar surface area (TPSA) is 52.6 Å². The quantitative estimate of drug-likeness (QED) is 0.816. The predicted molar refractivity (Wildman–Crippen MR) is 76.2 cm³/mol. The first-order valence-corrected chi connectivity index (χ1v) is 7.70. The SMILES string of the molecule is CNC(C1CCC(C(=O)O)CC1)C1CCN(C)CC1. The standard InChI is InChI=1S/C15H28N2O2/c1-16-14(12-7-9-17(2)10-8-12)11-3-5-13(6-4-11)15(18)19/h11-14,16H,3-10H2,1-2H3,(H,18,19). The summed E-state index contributed by atoms with van der Waals surface area (Å²) in [4.78, 5) is 13.4. The first-order chi connectivity index (χ1) is 9.11. The molecule has 4 nitrogen and oxygen atoms in total. The fraction of sp³-hybridized carbons (Fsp3) is 0.933. The molecule has 0 aromatic heterocycles. The Labute approximate surface area is 116 Å². The monoisotopic (exact) mass is 268 g/mol. The van der Waals surface area contributed by atoms with Gasteiger partial charge in [0.15, 0.2) is 0 Å². The Kier molecular flexibility index (Phi) is 5.22. The number of carboxylic acids is 1. The maximum Gasteiger partial charge on any atom is 0.306 e. The van der Waals surface area contributed by atoms with Crippen LogP contribution in [0.5, 0.6) is 0 Å². The summed E-state index contributed by atoms with van der Waals surface area (Å²) in [5.41, 5.74) is 0. The molecule has 1 aliphatic heterocycles. The highest BCUT2D eigenvalue weighted by Gasteiger charge is 2.34. The van der Waals surface area contributed by atoms with Crippen LogP contribution in [0.3, 0.4) is 0 Å². The fourth-order valence-electron chi connectivity index (χ4n) is 3.97. The number of piperidine rings is 1. The highest BCUT2D eigenvalue weighted by molar-refractivity contribution is 5.69. The first-order valence-electron chi connectivity index (χ1n) is 7.70. The van der Waals surface area contributed by atoms with Gasteiger partial charge in [0.05, 0.1) is 5.92 Å². The Morgan fingerprint density at radius 3 is 2.11 bits per heavy atom. The fourth-order valence-corrected chi connectivity index (χ4v) is 3.97. The Hall–Kier alpha value is -0.610. The Balaban J connectivity index is 1.87. The number of hydrogen-bond donors (Lipinski definition) is 2. The summed E-state index contributed by atoms with van der Waals surface area (Å²) in [7, 11) is 4.27. The molecule has 2 N–H and O–H groups in total. The Morgan fingerprint density at radius 1 is 1.11 bits per heavy atom. The van der Waals surface area contributed by atoms with Gasteiger partial charge in [-0.15, -0.1) is 0 Å². The van der Waals surface area contributed by atoms with Crippen molar-refractivity contribution in [3.63, 3.8) is 0 Å². The van der Waals surface area contributed by atoms with E-state index < -0.39 is 5.97 Å². The lowest BCUT2D eigenvalue weighted by Gasteiger charge is -2.40. The van der Waals surface area contributed by atoms with Crippen molar-refractivity contribution in [1.29, 1.82) is 0 Å². The Bertz CT molecular complexity index is 293. The number of hydrogen-bond acceptors (Lipinski definition) is 3. The molecule has 0 radical (unpaired) electrons. The summed E-state index contributed by atoms with van der Waals surface area (Å²) >= 11 is 0. The molecule has 19 heavy (non-hydrogen) atoms. The molecule has 0 amide bonds. The third kappa shape index (κ3) is 3.69. The molecule has 2 rings (SSSR count). The van der Waals surface area contributed by atoms with E-state index in [0.29, 0.717) is 12.0 Å². The summed E-state index contributed by atoms with van der Waals surface area (Å²) in [6, 6.07) is 0.587. The van der Waals surface area contributed by atoms with Gasteiger partial charge >= 0.3 is 5.97 Å². The summed E-state index contributed by atoms with van der Waals surface area (Å²) in [5, 5.41) is 12.6. The number of likely N-dealkylation sites (tertiary alicyclic amines) is 1. The van der Waals surface area contributed by atoms with Gasteiger partial charge in [-0.25, -0.2) is 0 Å². The zero-order valence-corrected chi connectivity index (χ0v) is 12.3. The van der Waals surface area contributed by atoms with Gasteiger partial charge in [-0.1, -0.05) is 0 Å². The molecule has 2 fully saturated rings. The van der Waals surface area contributed by atoms with Crippen LogP contribution in [-0.4, -0.2) is 49.2 Å². The molecular formula is C15H28N2O2. The van der Waals surface area contributed by atoms with Crippen molar-refractivity contribution in [3.05, 3.63) is 0 Å². The predicted octanol–water partition coefficient (Wildman–Crippen LogP) is 1.81. The van der Waals surface area contributed by atoms with Crippen LogP contribution < -0.4 is 5.32 Å². The van der Waals surface area contributed by atoms with Gasteiger partial charge in [0, 0.05) is 6.04 Å². The minimum absolute atomic E-state index is 0.0914. The van der Waals surface area contributed by atoms with Gasteiger partial charge in [0.25, 0.3) is 0 Å². The molecule has 1 heterocycles. The number of aliphatic carboxylic acids is 1. The van der Waals surface area contributed by atoms with Gasteiger partial charge in [-0.3, -0.25) is 4.79 Å². The van der Waals surface area contributed by atoms with Gasteiger partial charge in [-0.05, 0) is 77.5 Å². The van der Waals surface area contributed by atoms with E-state index in [2.05, 4.69) is 24.3 Å². The van der Waals surface area contributed by atoms with Crippen molar-refractivity contribution < 1.29 is 9.90 Å². The van der Waals surface area contributed by atoms with E-state index in [4.69, 9.17) is 5.11 Å². The lowest BCUT2D eigenvalue weighted by Crippen LogP contribution is -2.46. The van der Waals surface area contributed by atoms with Crippen molar-refractivity contribution in [3.8, 4) is 0 Å². The number of carboxylic acid groups (broad SMARTS) is 1. The van der Waals surface area contributed by atoms with Gasteiger partial charge in [-0.2, -0.15) is 0 Å². The largest absolute Gasteiger partial charge is 0.481 e. The van der Waals surface area contributed by atoms with Crippen molar-refractivity contribution in [1.82, 2.24) is 10.2 Å². The highest BCUT2D eigenvalue weighted by Crippen LogP contribution is 2.35. The molecule has 1 aliphatic carbocycles. The van der Waals surface area contributed by atoms with Crippen LogP contribution in [0.15, 0.2) is 0 Å². The van der Waals surface area contributed by atoms with E-state index >= 15 is 0 Å². The zero-order valence-electron chi connectivity index (χ0n) is 12.3. The van der Waals surface area contributed by atoms with E-state index in [1.165, 1.54) is 25.9 Å². The van der Waals surface area contributed by atoms with E-state index in [9.17, 15) is 4.79 Å². The third-order valence-corrected chi connectivity index (χ3v) is 5.23. The molecule has 0 spiro atoms. The third-order valence-electron chi connectivity index (χ3n) is 5.23. The first kappa shape index (κ1) is 14.8. The van der Waals surface area contributed by atoms with Crippen LogP contribution in [0.2, 0.25) is 0 Å². The molecule has 0 aromatic carbocycles. The maximum absolute atomic E-state index is 11.0. The molecule has 1 saturated carbocycles. The molecule has 4 heteroatoms. The molecule has 1 atom stereocenters. The minimum atomic E-state index is -0.598. The average Bonchev–Trinajstić information content (AvgIpc) is 2.42. The van der Waals surface area contributed by atoms with Crippen molar-refractivity contribution >= 4 is 5.97 Å². The molecule has 0 bridgehead atoms. The maximum atomic E-state index is 11.0. The molecule has 110 valence electrons. The summed E-state index contributed by atoms with van der Waals surface area (Å²) in [6.07, 6.45) is 6.45. The summed E-state index contributed by atoms with van der Waals surface area (Å²) in [6.45, 7) is 2.40. The van der Waals surface area contributed by atoms with Crippen molar-refractivity contribution in [2.75, 3.05) is 27.2 Å². The average molecular weight is 268 g/mol. The summed E-state index contributed by atoms with van der Waals surface area (Å²) in [5.74, 6) is 0.756. The minimum Gasteiger partial charge on any atom is -0.481 e. The Morgan fingerprint density at radius 2 is 1.63 bits per heavy atom. The smallest absolute Gasteiger partial charge is 0.306 e. The molecule has 1 unspecified atom stereocenters. The van der Waals surface area contributed by atoms with Crippen LogP contribution >= 0.6 is 0 Å². The molecule has 0 aromatic rings. The molecular weight excluding hydrogens is 240 g/mol. The second-order valence-electron chi connectivity index (χ2n) is 6.41. The van der Waals surface area contributed by atoms with Crippen molar-refractivity contribution in [2.45, 2.75) is 44.6 Å². The van der Waals surface area contributed by atoms with Crippen LogP contribution in [0.4, 0.5) is 0 Å². The van der Waals surface area contributed by atoms with E-state index in [1.807, 2.05) is 0 Å². The summed E-state index contributed by atoms with van der Waals surface area (Å²) < 4.78 is 0. The van der Waals surface area contributed by atoms with E-state index in [1.54, 1.807) is 0 Å². The molecule has 2 aliphatic rings. The van der Waals surface area contributed by atoms with Crippen LogP contribution in [0, 0.1) is 17.8 Å². The van der Waals surface area contributed by atoms with E-state index in [-0.39, 0.29) is 5.92 Å². The number of nitrogens with zero attached hydrogens (tertiary/aromatic N) is 1. The second-order valence-corrected chi connectivity index (χ2v) is 6.41. The van der Waals surface area contributed by atoms with Crippen molar-refractivity contribution in [2.24, 2.45) is 17.8 Å². The van der Waals surface area contributed by atoms with Crippen LogP contribution in [-0.2, 0) is 4.79 Å². The van der Waals surface area contributed by atoms with Gasteiger partial charge in [0.1, 0.15) is 0 Å². The normalized spacial score (nSPS) is 32.1. The lowest BCUT2D eigenvalue weighted by atomic mass is 9.73. The van der Waals surface area contributed by atoms with Crippen LogP contribution in [0.1, 0.15) is 38.5 Å².